The van der Waals surface area contributed by atoms with Gasteiger partial charge in [0, 0.05) is 5.56 Å². The molecule has 166 valence electrons. The molecule has 8 nitrogen and oxygen atoms in total. The Morgan fingerprint density at radius 1 is 1.12 bits per heavy atom. The van der Waals surface area contributed by atoms with E-state index in [1.165, 1.54) is 0 Å². The fourth-order valence-corrected chi connectivity index (χ4v) is 3.26. The van der Waals surface area contributed by atoms with Gasteiger partial charge in [-0.15, -0.1) is 0 Å². The maximum Gasteiger partial charge on any atom is 0.335 e. The van der Waals surface area contributed by atoms with Crippen molar-refractivity contribution in [2.24, 2.45) is 5.10 Å². The van der Waals surface area contributed by atoms with Gasteiger partial charge < -0.3 is 14.6 Å². The summed E-state index contributed by atoms with van der Waals surface area (Å²) in [6, 6.07) is 21.6. The zero-order chi connectivity index (χ0) is 23.2. The van der Waals surface area contributed by atoms with E-state index < -0.39 is 5.97 Å². The minimum atomic E-state index is -0.964. The summed E-state index contributed by atoms with van der Waals surface area (Å²) < 4.78 is 13.3. The van der Waals surface area contributed by atoms with E-state index in [0.29, 0.717) is 22.1 Å². The highest BCUT2D eigenvalue weighted by Crippen LogP contribution is 2.28. The Balaban J connectivity index is 1.51. The average molecular weight is 461 g/mol. The fourth-order valence-electron chi connectivity index (χ4n) is 3.09. The van der Waals surface area contributed by atoms with Crippen LogP contribution in [0.3, 0.4) is 0 Å². The van der Waals surface area contributed by atoms with Crippen LogP contribution in [0.1, 0.15) is 21.5 Å². The normalized spacial score (nSPS) is 10.9. The second-order valence-electron chi connectivity index (χ2n) is 6.98. The van der Waals surface area contributed by atoms with Gasteiger partial charge in [-0.25, -0.2) is 9.89 Å². The molecule has 0 unspecified atom stereocenters. The number of carbonyl (C=O) groups is 1. The molecule has 0 bridgehead atoms. The molecule has 3 aromatic carbocycles. The number of aromatic amines is 1. The van der Waals surface area contributed by atoms with Crippen molar-refractivity contribution in [1.29, 1.82) is 0 Å². The summed E-state index contributed by atoms with van der Waals surface area (Å²) in [6.07, 6.45) is 1.66. The van der Waals surface area contributed by atoms with Crippen LogP contribution < -0.4 is 9.47 Å². The van der Waals surface area contributed by atoms with E-state index in [4.69, 9.17) is 26.8 Å². The molecule has 33 heavy (non-hydrogen) atoms. The summed E-state index contributed by atoms with van der Waals surface area (Å²) in [5.74, 6) is 0.744. The molecule has 4 rings (SSSR count). The number of methoxy groups -OCH3 is 1. The first-order valence-corrected chi connectivity index (χ1v) is 10.4. The molecule has 1 heterocycles. The van der Waals surface area contributed by atoms with Gasteiger partial charge in [0.25, 0.3) is 0 Å². The van der Waals surface area contributed by atoms with Crippen LogP contribution in [-0.2, 0) is 6.61 Å². The molecule has 0 spiro atoms. The van der Waals surface area contributed by atoms with Gasteiger partial charge in [0.15, 0.2) is 17.3 Å². The largest absolute Gasteiger partial charge is 0.493 e. The quantitative estimate of drug-likeness (QED) is 0.290. The molecule has 0 aliphatic carbocycles. The standard InChI is InChI=1S/C24H20N4O4S/c1-31-21-13-17(9-12-20(21)32-15-16-7-10-19(11-8-16)23(29)30)14-25-28-22(26-27-24(28)33)18-5-3-2-4-6-18/h2-14H,15H2,1H3,(H,27,33)(H,29,30)/b25-14+. The van der Waals surface area contributed by atoms with E-state index in [2.05, 4.69) is 15.3 Å². The molecule has 0 amide bonds. The van der Waals surface area contributed by atoms with E-state index in [-0.39, 0.29) is 12.2 Å². The van der Waals surface area contributed by atoms with Crippen molar-refractivity contribution in [3.63, 3.8) is 0 Å². The Morgan fingerprint density at radius 2 is 1.88 bits per heavy atom. The van der Waals surface area contributed by atoms with Gasteiger partial charge in [-0.05, 0) is 53.7 Å². The third-order valence-electron chi connectivity index (χ3n) is 4.79. The van der Waals surface area contributed by atoms with Gasteiger partial charge >= 0.3 is 5.97 Å². The number of carboxylic acid groups (broad SMARTS) is 1. The molecule has 0 aliphatic rings. The summed E-state index contributed by atoms with van der Waals surface area (Å²) in [5.41, 5.74) is 2.75. The monoisotopic (exact) mass is 460 g/mol. The number of carboxylic acids is 1. The van der Waals surface area contributed by atoms with E-state index >= 15 is 0 Å². The van der Waals surface area contributed by atoms with Gasteiger partial charge in [-0.1, -0.05) is 42.5 Å². The van der Waals surface area contributed by atoms with Crippen molar-refractivity contribution in [2.45, 2.75) is 6.61 Å². The molecule has 0 atom stereocenters. The van der Waals surface area contributed by atoms with Gasteiger partial charge in [-0.2, -0.15) is 14.9 Å². The minimum Gasteiger partial charge on any atom is -0.493 e. The Hall–Kier alpha value is -4.24. The maximum atomic E-state index is 11.0. The molecule has 0 aliphatic heterocycles. The van der Waals surface area contributed by atoms with Crippen molar-refractivity contribution in [1.82, 2.24) is 14.9 Å². The molecule has 0 saturated carbocycles. The molecule has 0 fully saturated rings. The lowest BCUT2D eigenvalue weighted by Crippen LogP contribution is -2.00. The molecule has 0 saturated heterocycles. The number of aromatic nitrogens is 3. The zero-order valence-electron chi connectivity index (χ0n) is 17.6. The molecule has 2 N–H and O–H groups in total. The minimum absolute atomic E-state index is 0.230. The number of aromatic carboxylic acids is 1. The second kappa shape index (κ2) is 9.92. The molecular weight excluding hydrogens is 440 g/mol. The summed E-state index contributed by atoms with van der Waals surface area (Å²) in [4.78, 5) is 11.0. The fraction of sp³-hybridized carbons (Fsp3) is 0.0833. The van der Waals surface area contributed by atoms with Crippen LogP contribution in [0.5, 0.6) is 11.5 Å². The number of nitrogens with one attached hydrogen (secondary N) is 1. The van der Waals surface area contributed by atoms with E-state index in [0.717, 1.165) is 16.7 Å². The summed E-state index contributed by atoms with van der Waals surface area (Å²) in [7, 11) is 1.56. The number of rotatable bonds is 8. The second-order valence-corrected chi connectivity index (χ2v) is 7.36. The predicted molar refractivity (Wildman–Crippen MR) is 127 cm³/mol. The highest BCUT2D eigenvalue weighted by atomic mass is 32.1. The average Bonchev–Trinajstić information content (AvgIpc) is 3.22. The maximum absolute atomic E-state index is 11.0. The Labute approximate surface area is 194 Å². The van der Waals surface area contributed by atoms with Crippen LogP contribution in [0.15, 0.2) is 77.9 Å². The van der Waals surface area contributed by atoms with Crippen molar-refractivity contribution in [3.8, 4) is 22.9 Å². The predicted octanol–water partition coefficient (Wildman–Crippen LogP) is 4.78. The molecular formula is C24H20N4O4S. The lowest BCUT2D eigenvalue weighted by molar-refractivity contribution is 0.0697. The number of ether oxygens (including phenoxy) is 2. The van der Waals surface area contributed by atoms with Gasteiger partial charge in [-0.3, -0.25) is 0 Å². The highest BCUT2D eigenvalue weighted by Gasteiger charge is 2.09. The first kappa shape index (κ1) is 22.0. The number of hydrogen-bond acceptors (Lipinski definition) is 6. The molecule has 0 radical (unpaired) electrons. The highest BCUT2D eigenvalue weighted by molar-refractivity contribution is 7.71. The van der Waals surface area contributed by atoms with Crippen molar-refractivity contribution in [2.75, 3.05) is 7.11 Å². The van der Waals surface area contributed by atoms with Crippen molar-refractivity contribution >= 4 is 24.4 Å². The molecule has 9 heteroatoms. The third-order valence-corrected chi connectivity index (χ3v) is 5.05. The SMILES string of the molecule is COc1cc(/C=N/n2c(-c3ccccc3)n[nH]c2=S)ccc1OCc1ccc(C(=O)O)cc1. The Bertz CT molecular complexity index is 1350. The van der Waals surface area contributed by atoms with Crippen molar-refractivity contribution < 1.29 is 19.4 Å². The number of hydrogen-bond donors (Lipinski definition) is 2. The van der Waals surface area contributed by atoms with Gasteiger partial charge in [0.2, 0.25) is 4.77 Å². The summed E-state index contributed by atoms with van der Waals surface area (Å²) in [5, 5.41) is 20.5. The number of H-pyrrole nitrogens is 1. The van der Waals surface area contributed by atoms with Crippen LogP contribution in [0.4, 0.5) is 0 Å². The van der Waals surface area contributed by atoms with E-state index in [1.54, 1.807) is 54.4 Å². The van der Waals surface area contributed by atoms with Crippen LogP contribution in [0, 0.1) is 4.77 Å². The third kappa shape index (κ3) is 5.16. The molecule has 4 aromatic rings. The summed E-state index contributed by atoms with van der Waals surface area (Å²) in [6.45, 7) is 0.272. The molecule has 1 aromatic heterocycles. The lowest BCUT2D eigenvalue weighted by Gasteiger charge is -2.11. The lowest BCUT2D eigenvalue weighted by atomic mass is 10.1. The first-order chi connectivity index (χ1) is 16.0. The Kier molecular flexibility index (Phi) is 6.61. The topological polar surface area (TPSA) is 102 Å². The van der Waals surface area contributed by atoms with Gasteiger partial charge in [0.05, 0.1) is 18.9 Å². The Morgan fingerprint density at radius 3 is 2.58 bits per heavy atom. The van der Waals surface area contributed by atoms with Crippen LogP contribution >= 0.6 is 12.2 Å². The van der Waals surface area contributed by atoms with E-state index in [9.17, 15) is 4.79 Å². The van der Waals surface area contributed by atoms with Crippen LogP contribution in [-0.4, -0.2) is 39.3 Å². The van der Waals surface area contributed by atoms with Crippen LogP contribution in [0.25, 0.3) is 11.4 Å². The number of nitrogens with zero attached hydrogens (tertiary/aromatic N) is 3. The van der Waals surface area contributed by atoms with E-state index in [1.807, 2.05) is 36.4 Å². The zero-order valence-corrected chi connectivity index (χ0v) is 18.5. The number of benzene rings is 3. The van der Waals surface area contributed by atoms with Gasteiger partial charge in [0.1, 0.15) is 6.61 Å². The first-order valence-electron chi connectivity index (χ1n) is 9.95. The van der Waals surface area contributed by atoms with Crippen molar-refractivity contribution in [3.05, 3.63) is 94.3 Å². The summed E-state index contributed by atoms with van der Waals surface area (Å²) >= 11 is 5.31. The smallest absolute Gasteiger partial charge is 0.335 e. The van der Waals surface area contributed by atoms with Crippen LogP contribution in [0.2, 0.25) is 0 Å².